The summed E-state index contributed by atoms with van der Waals surface area (Å²) in [7, 11) is 0. The van der Waals surface area contributed by atoms with Crippen LogP contribution in [0.15, 0.2) is 5.38 Å². The zero-order chi connectivity index (χ0) is 11.8. The third kappa shape index (κ3) is 5.26. The SMILES string of the molecule is CCCCCCNC(=O)Cc1nc(C)cs1. The molecule has 0 atom stereocenters. The van der Waals surface area contributed by atoms with E-state index in [-0.39, 0.29) is 5.91 Å². The molecule has 0 aliphatic heterocycles. The minimum atomic E-state index is 0.0887. The summed E-state index contributed by atoms with van der Waals surface area (Å²) in [4.78, 5) is 15.8. The van der Waals surface area contributed by atoms with Gasteiger partial charge < -0.3 is 5.32 Å². The number of carbonyl (C=O) groups is 1. The highest BCUT2D eigenvalue weighted by atomic mass is 32.1. The van der Waals surface area contributed by atoms with Crippen LogP contribution in [0, 0.1) is 6.92 Å². The van der Waals surface area contributed by atoms with Crippen molar-refractivity contribution < 1.29 is 4.79 Å². The minimum Gasteiger partial charge on any atom is -0.356 e. The number of nitrogens with zero attached hydrogens (tertiary/aromatic N) is 1. The summed E-state index contributed by atoms with van der Waals surface area (Å²) >= 11 is 1.55. The molecule has 0 aliphatic rings. The molecule has 0 fully saturated rings. The fraction of sp³-hybridized carbons (Fsp3) is 0.667. The number of unbranched alkanes of at least 4 members (excludes halogenated alkanes) is 3. The predicted molar refractivity (Wildman–Crippen MR) is 67.7 cm³/mol. The fourth-order valence-electron chi connectivity index (χ4n) is 1.46. The van der Waals surface area contributed by atoms with E-state index in [4.69, 9.17) is 0 Å². The Morgan fingerprint density at radius 2 is 2.25 bits per heavy atom. The number of hydrogen-bond acceptors (Lipinski definition) is 3. The van der Waals surface area contributed by atoms with Crippen LogP contribution < -0.4 is 5.32 Å². The summed E-state index contributed by atoms with van der Waals surface area (Å²) in [6, 6.07) is 0. The molecule has 0 radical (unpaired) electrons. The Bertz CT molecular complexity index is 323. The van der Waals surface area contributed by atoms with Gasteiger partial charge in [-0.1, -0.05) is 26.2 Å². The van der Waals surface area contributed by atoms with Gasteiger partial charge in [0.2, 0.25) is 5.91 Å². The van der Waals surface area contributed by atoms with E-state index in [0.717, 1.165) is 23.7 Å². The van der Waals surface area contributed by atoms with Gasteiger partial charge in [-0.25, -0.2) is 4.98 Å². The van der Waals surface area contributed by atoms with E-state index in [9.17, 15) is 4.79 Å². The number of rotatable bonds is 7. The first-order valence-electron chi connectivity index (χ1n) is 5.90. The Balaban J connectivity index is 2.11. The van der Waals surface area contributed by atoms with E-state index >= 15 is 0 Å². The Morgan fingerprint density at radius 1 is 1.44 bits per heavy atom. The summed E-state index contributed by atoms with van der Waals surface area (Å²) in [6.45, 7) is 4.93. The van der Waals surface area contributed by atoms with Gasteiger partial charge in [-0.3, -0.25) is 4.79 Å². The summed E-state index contributed by atoms with van der Waals surface area (Å²) in [6.07, 6.45) is 5.18. The average molecular weight is 240 g/mol. The van der Waals surface area contributed by atoms with Crippen molar-refractivity contribution in [3.63, 3.8) is 0 Å². The lowest BCUT2D eigenvalue weighted by Gasteiger charge is -2.03. The van der Waals surface area contributed by atoms with Gasteiger partial charge >= 0.3 is 0 Å². The Morgan fingerprint density at radius 3 is 2.88 bits per heavy atom. The Hall–Kier alpha value is -0.900. The van der Waals surface area contributed by atoms with Gasteiger partial charge in [0.05, 0.1) is 6.42 Å². The van der Waals surface area contributed by atoms with Gasteiger partial charge in [0.15, 0.2) is 0 Å². The van der Waals surface area contributed by atoms with Gasteiger partial charge in [0, 0.05) is 17.6 Å². The van der Waals surface area contributed by atoms with Crippen LogP contribution in [0.4, 0.5) is 0 Å². The number of carbonyl (C=O) groups excluding carboxylic acids is 1. The van der Waals surface area contributed by atoms with Crippen molar-refractivity contribution >= 4 is 17.2 Å². The first-order valence-corrected chi connectivity index (χ1v) is 6.78. The Labute approximate surface area is 101 Å². The molecular weight excluding hydrogens is 220 g/mol. The third-order valence-electron chi connectivity index (χ3n) is 2.33. The largest absolute Gasteiger partial charge is 0.356 e. The van der Waals surface area contributed by atoms with Crippen molar-refractivity contribution in [3.8, 4) is 0 Å². The topological polar surface area (TPSA) is 42.0 Å². The van der Waals surface area contributed by atoms with Crippen LogP contribution in [0.1, 0.15) is 43.3 Å². The van der Waals surface area contributed by atoms with Crippen molar-refractivity contribution in [2.24, 2.45) is 0 Å². The van der Waals surface area contributed by atoms with E-state index in [0.29, 0.717) is 6.42 Å². The van der Waals surface area contributed by atoms with Crippen molar-refractivity contribution in [1.29, 1.82) is 0 Å². The summed E-state index contributed by atoms with van der Waals surface area (Å²) in [5, 5.41) is 5.81. The molecule has 1 rings (SSSR count). The molecule has 1 heterocycles. The molecule has 0 unspecified atom stereocenters. The molecule has 0 spiro atoms. The lowest BCUT2D eigenvalue weighted by molar-refractivity contribution is -0.120. The van der Waals surface area contributed by atoms with Crippen LogP contribution in [-0.4, -0.2) is 17.4 Å². The molecule has 0 saturated carbocycles. The fourth-order valence-corrected chi connectivity index (χ4v) is 2.23. The zero-order valence-electron chi connectivity index (χ0n) is 10.1. The van der Waals surface area contributed by atoms with E-state index in [1.165, 1.54) is 19.3 Å². The molecule has 1 N–H and O–H groups in total. The normalized spacial score (nSPS) is 10.4. The molecule has 1 aromatic rings. The number of aryl methyl sites for hydroxylation is 1. The van der Waals surface area contributed by atoms with Crippen LogP contribution in [0.5, 0.6) is 0 Å². The molecule has 4 heteroatoms. The van der Waals surface area contributed by atoms with E-state index in [1.54, 1.807) is 11.3 Å². The quantitative estimate of drug-likeness (QED) is 0.745. The minimum absolute atomic E-state index is 0.0887. The number of aromatic nitrogens is 1. The van der Waals surface area contributed by atoms with Crippen LogP contribution in [0.3, 0.4) is 0 Å². The molecule has 3 nitrogen and oxygen atoms in total. The van der Waals surface area contributed by atoms with Crippen LogP contribution in [0.25, 0.3) is 0 Å². The monoisotopic (exact) mass is 240 g/mol. The second-order valence-electron chi connectivity index (χ2n) is 3.97. The van der Waals surface area contributed by atoms with Gasteiger partial charge in [0.25, 0.3) is 0 Å². The summed E-state index contributed by atoms with van der Waals surface area (Å²) in [5.74, 6) is 0.0887. The maximum absolute atomic E-state index is 11.5. The second-order valence-corrected chi connectivity index (χ2v) is 4.91. The van der Waals surface area contributed by atoms with Crippen molar-refractivity contribution in [3.05, 3.63) is 16.1 Å². The molecule has 0 aliphatic carbocycles. The van der Waals surface area contributed by atoms with Crippen molar-refractivity contribution in [1.82, 2.24) is 10.3 Å². The van der Waals surface area contributed by atoms with Crippen LogP contribution >= 0.6 is 11.3 Å². The van der Waals surface area contributed by atoms with Crippen LogP contribution in [-0.2, 0) is 11.2 Å². The van der Waals surface area contributed by atoms with Gasteiger partial charge in [0.1, 0.15) is 5.01 Å². The van der Waals surface area contributed by atoms with Crippen molar-refractivity contribution in [2.45, 2.75) is 46.0 Å². The van der Waals surface area contributed by atoms with Gasteiger partial charge in [-0.2, -0.15) is 0 Å². The molecule has 0 aromatic carbocycles. The smallest absolute Gasteiger partial charge is 0.226 e. The first kappa shape index (κ1) is 13.2. The number of thiazole rings is 1. The van der Waals surface area contributed by atoms with Crippen molar-refractivity contribution in [2.75, 3.05) is 6.54 Å². The molecular formula is C12H20N2OS. The van der Waals surface area contributed by atoms with Crippen LogP contribution in [0.2, 0.25) is 0 Å². The first-order chi connectivity index (χ1) is 7.72. The molecule has 1 aromatic heterocycles. The molecule has 1 amide bonds. The zero-order valence-corrected chi connectivity index (χ0v) is 10.9. The highest BCUT2D eigenvalue weighted by Gasteiger charge is 2.05. The Kier molecular flexibility index (Phi) is 6.08. The lowest BCUT2D eigenvalue weighted by atomic mass is 10.2. The molecule has 0 bridgehead atoms. The lowest BCUT2D eigenvalue weighted by Crippen LogP contribution is -2.26. The second kappa shape index (κ2) is 7.39. The molecule has 90 valence electrons. The van der Waals surface area contributed by atoms with E-state index in [2.05, 4.69) is 17.2 Å². The molecule has 0 saturated heterocycles. The summed E-state index contributed by atoms with van der Waals surface area (Å²) in [5.41, 5.74) is 0.996. The third-order valence-corrected chi connectivity index (χ3v) is 3.30. The number of nitrogens with one attached hydrogen (secondary N) is 1. The highest BCUT2D eigenvalue weighted by molar-refractivity contribution is 7.09. The number of amides is 1. The standard InChI is InChI=1S/C12H20N2OS/c1-3-4-5-6-7-13-11(15)8-12-14-10(2)9-16-12/h9H,3-8H2,1-2H3,(H,13,15). The maximum Gasteiger partial charge on any atom is 0.226 e. The number of hydrogen-bond donors (Lipinski definition) is 1. The molecule has 16 heavy (non-hydrogen) atoms. The summed E-state index contributed by atoms with van der Waals surface area (Å²) < 4.78 is 0. The predicted octanol–water partition coefficient (Wildman–Crippen LogP) is 2.69. The van der Waals surface area contributed by atoms with Gasteiger partial charge in [-0.05, 0) is 13.3 Å². The highest BCUT2D eigenvalue weighted by Crippen LogP contribution is 2.08. The maximum atomic E-state index is 11.5. The van der Waals surface area contributed by atoms with Gasteiger partial charge in [-0.15, -0.1) is 11.3 Å². The van der Waals surface area contributed by atoms with E-state index < -0.39 is 0 Å². The van der Waals surface area contributed by atoms with E-state index in [1.807, 2.05) is 12.3 Å². The average Bonchev–Trinajstić information content (AvgIpc) is 2.63.